The Morgan fingerprint density at radius 3 is 2.58 bits per heavy atom. The average Bonchev–Trinajstić information content (AvgIpc) is 3.26. The largest absolute Gasteiger partial charge is 0.381 e. The van der Waals surface area contributed by atoms with Crippen LogP contribution < -0.4 is 0 Å². The van der Waals surface area contributed by atoms with Gasteiger partial charge in [0.1, 0.15) is 5.69 Å². The van der Waals surface area contributed by atoms with E-state index in [2.05, 4.69) is 15.2 Å². The van der Waals surface area contributed by atoms with Gasteiger partial charge in [0.25, 0.3) is 5.89 Å². The van der Waals surface area contributed by atoms with Gasteiger partial charge in [-0.15, -0.1) is 0 Å². The third kappa shape index (κ3) is 3.10. The SMILES string of the molecule is Fc1cccc(F)c1-n1ccc(Cc2noc(C3(F)CCOCC3)n2)n1. The Morgan fingerprint density at radius 1 is 1.12 bits per heavy atom. The van der Waals surface area contributed by atoms with Gasteiger partial charge < -0.3 is 9.26 Å². The van der Waals surface area contributed by atoms with E-state index in [1.807, 2.05) is 0 Å². The molecule has 0 bridgehead atoms. The second-order valence-corrected chi connectivity index (χ2v) is 6.09. The molecule has 0 spiro atoms. The van der Waals surface area contributed by atoms with Gasteiger partial charge in [-0.25, -0.2) is 17.9 Å². The summed E-state index contributed by atoms with van der Waals surface area (Å²) in [5, 5.41) is 7.92. The van der Waals surface area contributed by atoms with Crippen molar-refractivity contribution in [1.82, 2.24) is 19.9 Å². The summed E-state index contributed by atoms with van der Waals surface area (Å²) in [6, 6.07) is 5.17. The fourth-order valence-corrected chi connectivity index (χ4v) is 2.87. The van der Waals surface area contributed by atoms with Gasteiger partial charge in [-0.05, 0) is 18.2 Å². The lowest BCUT2D eigenvalue weighted by Gasteiger charge is -2.25. The fraction of sp³-hybridized carbons (Fsp3) is 0.353. The lowest BCUT2D eigenvalue weighted by Crippen LogP contribution is -2.29. The Balaban J connectivity index is 1.53. The van der Waals surface area contributed by atoms with E-state index in [1.165, 1.54) is 12.3 Å². The van der Waals surface area contributed by atoms with Crippen LogP contribution in [0.15, 0.2) is 35.0 Å². The lowest BCUT2D eigenvalue weighted by molar-refractivity contribution is -0.0288. The first kappa shape index (κ1) is 16.8. The third-order valence-corrected chi connectivity index (χ3v) is 4.29. The van der Waals surface area contributed by atoms with Gasteiger partial charge in [0, 0.05) is 19.0 Å². The molecular weight excluding hydrogens is 349 g/mol. The second-order valence-electron chi connectivity index (χ2n) is 6.09. The molecule has 136 valence electrons. The molecule has 0 atom stereocenters. The van der Waals surface area contributed by atoms with Crippen molar-refractivity contribution >= 4 is 0 Å². The number of aromatic nitrogens is 4. The molecule has 0 amide bonds. The molecule has 0 N–H and O–H groups in total. The van der Waals surface area contributed by atoms with E-state index in [9.17, 15) is 13.2 Å². The number of rotatable bonds is 4. The minimum atomic E-state index is -1.68. The number of para-hydroxylation sites is 1. The monoisotopic (exact) mass is 364 g/mol. The molecule has 1 aromatic carbocycles. The maximum atomic E-state index is 14.8. The normalized spacial score (nSPS) is 16.7. The smallest absolute Gasteiger partial charge is 0.264 e. The molecule has 0 unspecified atom stereocenters. The summed E-state index contributed by atoms with van der Waals surface area (Å²) >= 11 is 0. The van der Waals surface area contributed by atoms with E-state index >= 15 is 0 Å². The molecule has 1 saturated heterocycles. The van der Waals surface area contributed by atoms with Gasteiger partial charge in [0.15, 0.2) is 23.1 Å². The molecule has 3 heterocycles. The molecule has 1 aliphatic rings. The van der Waals surface area contributed by atoms with Crippen LogP contribution in [0.3, 0.4) is 0 Å². The van der Waals surface area contributed by atoms with Gasteiger partial charge in [-0.3, -0.25) is 0 Å². The van der Waals surface area contributed by atoms with E-state index in [4.69, 9.17) is 9.26 Å². The highest BCUT2D eigenvalue weighted by molar-refractivity contribution is 5.34. The zero-order chi connectivity index (χ0) is 18.1. The predicted molar refractivity (Wildman–Crippen MR) is 83.4 cm³/mol. The van der Waals surface area contributed by atoms with E-state index in [0.717, 1.165) is 16.8 Å². The maximum Gasteiger partial charge on any atom is 0.264 e. The first-order valence-electron chi connectivity index (χ1n) is 8.14. The van der Waals surface area contributed by atoms with Gasteiger partial charge in [0.05, 0.1) is 25.3 Å². The van der Waals surface area contributed by atoms with Crippen LogP contribution in [-0.4, -0.2) is 33.1 Å². The van der Waals surface area contributed by atoms with Crippen molar-refractivity contribution in [2.75, 3.05) is 13.2 Å². The van der Waals surface area contributed by atoms with Crippen LogP contribution in [0.5, 0.6) is 0 Å². The number of nitrogens with zero attached hydrogens (tertiary/aromatic N) is 4. The topological polar surface area (TPSA) is 66.0 Å². The number of alkyl halides is 1. The summed E-state index contributed by atoms with van der Waals surface area (Å²) in [5.74, 6) is -1.26. The van der Waals surface area contributed by atoms with Crippen molar-refractivity contribution in [2.24, 2.45) is 0 Å². The van der Waals surface area contributed by atoms with Crippen LogP contribution in [0.4, 0.5) is 13.2 Å². The molecule has 1 aliphatic heterocycles. The Kier molecular flexibility index (Phi) is 4.23. The molecule has 3 aromatic rings. The second kappa shape index (κ2) is 6.56. The predicted octanol–water partition coefficient (Wildman–Crippen LogP) is 3.10. The van der Waals surface area contributed by atoms with E-state index in [-0.39, 0.29) is 36.7 Å². The lowest BCUT2D eigenvalue weighted by atomic mass is 9.96. The molecule has 6 nitrogen and oxygen atoms in total. The van der Waals surface area contributed by atoms with Gasteiger partial charge in [-0.2, -0.15) is 10.1 Å². The molecular formula is C17H15F3N4O2. The Hall–Kier alpha value is -2.68. The van der Waals surface area contributed by atoms with Crippen LogP contribution in [0.1, 0.15) is 30.3 Å². The van der Waals surface area contributed by atoms with Crippen molar-refractivity contribution in [2.45, 2.75) is 24.9 Å². The summed E-state index contributed by atoms with van der Waals surface area (Å²) in [5.41, 5.74) is -1.48. The highest BCUT2D eigenvalue weighted by atomic mass is 19.1. The van der Waals surface area contributed by atoms with Gasteiger partial charge >= 0.3 is 0 Å². The van der Waals surface area contributed by atoms with Gasteiger partial charge in [-0.1, -0.05) is 11.2 Å². The summed E-state index contributed by atoms with van der Waals surface area (Å²) in [7, 11) is 0. The number of halogens is 3. The van der Waals surface area contributed by atoms with E-state index in [0.29, 0.717) is 18.9 Å². The minimum absolute atomic E-state index is 0.0737. The van der Waals surface area contributed by atoms with Crippen molar-refractivity contribution in [3.63, 3.8) is 0 Å². The van der Waals surface area contributed by atoms with Crippen molar-refractivity contribution < 1.29 is 22.4 Å². The van der Waals surface area contributed by atoms with Crippen LogP contribution in [0, 0.1) is 11.6 Å². The molecule has 2 aromatic heterocycles. The molecule has 26 heavy (non-hydrogen) atoms. The van der Waals surface area contributed by atoms with E-state index in [1.54, 1.807) is 6.07 Å². The standard InChI is InChI=1S/C17H15F3N4O2/c18-12-2-1-3-13(19)15(12)24-7-4-11(22-24)10-14-21-16(26-23-14)17(20)5-8-25-9-6-17/h1-4,7H,5-6,8-10H2. The Labute approximate surface area is 146 Å². The number of ether oxygens (including phenoxy) is 1. The number of benzene rings is 1. The summed E-state index contributed by atoms with van der Waals surface area (Å²) in [4.78, 5) is 4.11. The van der Waals surface area contributed by atoms with Crippen molar-refractivity contribution in [3.05, 3.63) is 59.5 Å². The molecule has 1 fully saturated rings. The zero-order valence-corrected chi connectivity index (χ0v) is 13.7. The average molecular weight is 364 g/mol. The highest BCUT2D eigenvalue weighted by Gasteiger charge is 2.40. The highest BCUT2D eigenvalue weighted by Crippen LogP contribution is 2.35. The molecule has 0 radical (unpaired) electrons. The van der Waals surface area contributed by atoms with Gasteiger partial charge in [0.2, 0.25) is 0 Å². The van der Waals surface area contributed by atoms with Crippen LogP contribution in [-0.2, 0) is 16.8 Å². The quantitative estimate of drug-likeness (QED) is 0.712. The Bertz CT molecular complexity index is 898. The van der Waals surface area contributed by atoms with E-state index < -0.39 is 17.3 Å². The van der Waals surface area contributed by atoms with Crippen molar-refractivity contribution in [3.8, 4) is 5.69 Å². The fourth-order valence-electron chi connectivity index (χ4n) is 2.87. The molecule has 4 rings (SSSR count). The minimum Gasteiger partial charge on any atom is -0.381 e. The zero-order valence-electron chi connectivity index (χ0n) is 13.7. The molecule has 0 aliphatic carbocycles. The first-order valence-corrected chi connectivity index (χ1v) is 8.14. The first-order chi connectivity index (χ1) is 12.5. The number of hydrogen-bond acceptors (Lipinski definition) is 5. The molecule has 0 saturated carbocycles. The summed E-state index contributed by atoms with van der Waals surface area (Å²) in [6.07, 6.45) is 1.91. The van der Waals surface area contributed by atoms with Crippen LogP contribution >= 0.6 is 0 Å². The summed E-state index contributed by atoms with van der Waals surface area (Å²) in [6.45, 7) is 0.597. The maximum absolute atomic E-state index is 14.8. The summed E-state index contributed by atoms with van der Waals surface area (Å²) < 4.78 is 53.8. The Morgan fingerprint density at radius 2 is 1.85 bits per heavy atom. The molecule has 9 heteroatoms. The van der Waals surface area contributed by atoms with Crippen LogP contribution in [0.25, 0.3) is 5.69 Å². The third-order valence-electron chi connectivity index (χ3n) is 4.29. The van der Waals surface area contributed by atoms with Crippen LogP contribution in [0.2, 0.25) is 0 Å². The number of hydrogen-bond donors (Lipinski definition) is 0. The van der Waals surface area contributed by atoms with Crippen molar-refractivity contribution in [1.29, 1.82) is 0 Å².